The molecule has 1 aromatic rings. The normalized spacial score (nSPS) is 23.2. The van der Waals surface area contributed by atoms with Crippen molar-refractivity contribution in [2.75, 3.05) is 31.1 Å². The van der Waals surface area contributed by atoms with Crippen LogP contribution in [-0.4, -0.2) is 36.1 Å². The van der Waals surface area contributed by atoms with E-state index in [1.807, 2.05) is 6.07 Å². The third-order valence-corrected chi connectivity index (χ3v) is 4.22. The summed E-state index contributed by atoms with van der Waals surface area (Å²) in [6.45, 7) is 4.51. The first kappa shape index (κ1) is 11.2. The van der Waals surface area contributed by atoms with E-state index in [9.17, 15) is 0 Å². The van der Waals surface area contributed by atoms with Crippen molar-refractivity contribution in [3.05, 3.63) is 17.5 Å². The van der Waals surface area contributed by atoms with Crippen LogP contribution >= 0.6 is 11.6 Å². The van der Waals surface area contributed by atoms with Crippen LogP contribution in [0.3, 0.4) is 0 Å². The Morgan fingerprint density at radius 2 is 2.12 bits per heavy atom. The zero-order valence-electron chi connectivity index (χ0n) is 9.82. The van der Waals surface area contributed by atoms with Gasteiger partial charge in [-0.2, -0.15) is 0 Å². The predicted octanol–water partition coefficient (Wildman–Crippen LogP) is 1.71. The molecule has 1 spiro atoms. The molecule has 2 aliphatic rings. The summed E-state index contributed by atoms with van der Waals surface area (Å²) in [5.74, 6) is 0.973. The van der Waals surface area contributed by atoms with E-state index in [1.54, 1.807) is 6.20 Å². The molecule has 4 nitrogen and oxygen atoms in total. The van der Waals surface area contributed by atoms with Gasteiger partial charge in [0.25, 0.3) is 0 Å². The van der Waals surface area contributed by atoms with E-state index >= 15 is 0 Å². The largest absolute Gasteiger partial charge is 0.356 e. The van der Waals surface area contributed by atoms with E-state index < -0.39 is 0 Å². The van der Waals surface area contributed by atoms with Crippen molar-refractivity contribution >= 4 is 17.4 Å². The van der Waals surface area contributed by atoms with Crippen molar-refractivity contribution in [3.63, 3.8) is 0 Å². The van der Waals surface area contributed by atoms with Gasteiger partial charge in [-0.05, 0) is 55.4 Å². The number of nitrogens with zero attached hydrogens (tertiary/aromatic N) is 3. The average Bonchev–Trinajstić information content (AvgIpc) is 2.74. The van der Waals surface area contributed by atoms with Crippen LogP contribution in [0.4, 0.5) is 5.82 Å². The molecule has 92 valence electrons. The standard InChI is InChI=1S/C12H17ClN4/c13-11-15-5-1-10(16-11)17-8-4-12(9-17)2-6-14-7-3-12/h1,5,14H,2-4,6-9H2. The van der Waals surface area contributed by atoms with Gasteiger partial charge >= 0.3 is 0 Å². The second-order valence-electron chi connectivity index (χ2n) is 5.11. The van der Waals surface area contributed by atoms with Crippen molar-refractivity contribution in [1.82, 2.24) is 15.3 Å². The van der Waals surface area contributed by atoms with Crippen LogP contribution in [0, 0.1) is 5.41 Å². The highest BCUT2D eigenvalue weighted by molar-refractivity contribution is 6.28. The Bertz CT molecular complexity index is 403. The molecule has 17 heavy (non-hydrogen) atoms. The third-order valence-electron chi connectivity index (χ3n) is 4.04. The van der Waals surface area contributed by atoms with Gasteiger partial charge in [-0.3, -0.25) is 0 Å². The number of hydrogen-bond acceptors (Lipinski definition) is 4. The Labute approximate surface area is 106 Å². The zero-order chi connectivity index (χ0) is 11.7. The van der Waals surface area contributed by atoms with Gasteiger partial charge in [-0.1, -0.05) is 0 Å². The summed E-state index contributed by atoms with van der Waals surface area (Å²) < 4.78 is 0. The summed E-state index contributed by atoms with van der Waals surface area (Å²) in [4.78, 5) is 10.6. The van der Waals surface area contributed by atoms with E-state index in [1.165, 1.54) is 19.3 Å². The molecule has 5 heteroatoms. The first-order valence-electron chi connectivity index (χ1n) is 6.22. The molecule has 0 bridgehead atoms. The quantitative estimate of drug-likeness (QED) is 0.773. The van der Waals surface area contributed by atoms with Gasteiger partial charge in [-0.25, -0.2) is 9.97 Å². The van der Waals surface area contributed by atoms with Crippen LogP contribution in [0.5, 0.6) is 0 Å². The number of piperidine rings is 1. The fourth-order valence-corrected chi connectivity index (χ4v) is 3.14. The lowest BCUT2D eigenvalue weighted by atomic mass is 9.78. The molecule has 2 fully saturated rings. The highest BCUT2D eigenvalue weighted by Gasteiger charge is 2.39. The molecular weight excluding hydrogens is 236 g/mol. The maximum atomic E-state index is 5.84. The SMILES string of the molecule is Clc1nccc(N2CCC3(CCNCC3)C2)n1. The van der Waals surface area contributed by atoms with Gasteiger partial charge in [0, 0.05) is 19.3 Å². The Morgan fingerprint density at radius 3 is 2.88 bits per heavy atom. The molecule has 0 aromatic carbocycles. The number of hydrogen-bond donors (Lipinski definition) is 1. The molecule has 1 aromatic heterocycles. The molecule has 2 saturated heterocycles. The fourth-order valence-electron chi connectivity index (χ4n) is 3.00. The maximum Gasteiger partial charge on any atom is 0.224 e. The van der Waals surface area contributed by atoms with E-state index in [2.05, 4.69) is 20.2 Å². The smallest absolute Gasteiger partial charge is 0.224 e. The minimum absolute atomic E-state index is 0.341. The topological polar surface area (TPSA) is 41.1 Å². The molecule has 3 heterocycles. The molecular formula is C12H17ClN4. The summed E-state index contributed by atoms with van der Waals surface area (Å²) in [5, 5.41) is 3.78. The van der Waals surface area contributed by atoms with Gasteiger partial charge in [0.15, 0.2) is 0 Å². The second kappa shape index (κ2) is 4.42. The number of anilines is 1. The fraction of sp³-hybridized carbons (Fsp3) is 0.667. The molecule has 1 N–H and O–H groups in total. The lowest BCUT2D eigenvalue weighted by Crippen LogP contribution is -2.38. The lowest BCUT2D eigenvalue weighted by molar-refractivity contribution is 0.232. The molecule has 0 unspecified atom stereocenters. The van der Waals surface area contributed by atoms with Gasteiger partial charge in [-0.15, -0.1) is 0 Å². The Kier molecular flexibility index (Phi) is 2.92. The van der Waals surface area contributed by atoms with E-state index in [0.29, 0.717) is 10.7 Å². The lowest BCUT2D eigenvalue weighted by Gasteiger charge is -2.33. The third kappa shape index (κ3) is 2.24. The van der Waals surface area contributed by atoms with Gasteiger partial charge in [0.1, 0.15) is 5.82 Å². The number of aromatic nitrogens is 2. The van der Waals surface area contributed by atoms with Gasteiger partial charge in [0.2, 0.25) is 5.28 Å². The van der Waals surface area contributed by atoms with Crippen molar-refractivity contribution < 1.29 is 0 Å². The Hall–Kier alpha value is -0.870. The average molecular weight is 253 g/mol. The Morgan fingerprint density at radius 1 is 1.29 bits per heavy atom. The molecule has 0 amide bonds. The second-order valence-corrected chi connectivity index (χ2v) is 5.44. The van der Waals surface area contributed by atoms with E-state index in [-0.39, 0.29) is 0 Å². The van der Waals surface area contributed by atoms with Crippen LogP contribution in [0.2, 0.25) is 5.28 Å². The number of nitrogens with one attached hydrogen (secondary N) is 1. The van der Waals surface area contributed by atoms with Crippen LogP contribution in [-0.2, 0) is 0 Å². The van der Waals surface area contributed by atoms with Crippen LogP contribution in [0.1, 0.15) is 19.3 Å². The van der Waals surface area contributed by atoms with E-state index in [0.717, 1.165) is 32.0 Å². The molecule has 0 saturated carbocycles. The summed E-state index contributed by atoms with van der Waals surface area (Å²) in [5.41, 5.74) is 0.503. The molecule has 3 rings (SSSR count). The summed E-state index contributed by atoms with van der Waals surface area (Å²) in [7, 11) is 0. The first-order chi connectivity index (χ1) is 8.27. The highest BCUT2D eigenvalue weighted by Crippen LogP contribution is 2.39. The van der Waals surface area contributed by atoms with Crippen molar-refractivity contribution in [2.45, 2.75) is 19.3 Å². The summed E-state index contributed by atoms with van der Waals surface area (Å²) >= 11 is 5.84. The van der Waals surface area contributed by atoms with Crippen LogP contribution < -0.4 is 10.2 Å². The van der Waals surface area contributed by atoms with Crippen LogP contribution in [0.25, 0.3) is 0 Å². The molecule has 0 atom stereocenters. The molecule has 2 aliphatic heterocycles. The summed E-state index contributed by atoms with van der Waals surface area (Å²) in [6.07, 6.45) is 5.57. The van der Waals surface area contributed by atoms with E-state index in [4.69, 9.17) is 11.6 Å². The first-order valence-corrected chi connectivity index (χ1v) is 6.60. The monoisotopic (exact) mass is 252 g/mol. The van der Waals surface area contributed by atoms with Crippen LogP contribution in [0.15, 0.2) is 12.3 Å². The van der Waals surface area contributed by atoms with Crippen molar-refractivity contribution in [2.24, 2.45) is 5.41 Å². The van der Waals surface area contributed by atoms with Gasteiger partial charge < -0.3 is 10.2 Å². The van der Waals surface area contributed by atoms with Crippen molar-refractivity contribution in [1.29, 1.82) is 0 Å². The molecule has 0 aliphatic carbocycles. The maximum absolute atomic E-state index is 5.84. The highest BCUT2D eigenvalue weighted by atomic mass is 35.5. The van der Waals surface area contributed by atoms with Gasteiger partial charge in [0.05, 0.1) is 0 Å². The Balaban J connectivity index is 1.75. The minimum atomic E-state index is 0.341. The number of halogens is 1. The zero-order valence-corrected chi connectivity index (χ0v) is 10.6. The number of rotatable bonds is 1. The van der Waals surface area contributed by atoms with Crippen molar-refractivity contribution in [3.8, 4) is 0 Å². The predicted molar refractivity (Wildman–Crippen MR) is 68.4 cm³/mol. The molecule has 0 radical (unpaired) electrons. The summed E-state index contributed by atoms with van der Waals surface area (Å²) in [6, 6.07) is 1.95. The minimum Gasteiger partial charge on any atom is -0.356 e.